The van der Waals surface area contributed by atoms with Crippen molar-refractivity contribution in [1.82, 2.24) is 0 Å². The molecule has 0 heterocycles. The fourth-order valence-electron chi connectivity index (χ4n) is 2.58. The van der Waals surface area contributed by atoms with Crippen LogP contribution in [-0.2, 0) is 6.04 Å². The molecule has 0 aliphatic heterocycles. The highest BCUT2D eigenvalue weighted by Crippen LogP contribution is 2.34. The minimum Gasteiger partial charge on any atom is -0.171 e. The van der Waals surface area contributed by atoms with Crippen LogP contribution in [0.2, 0.25) is 0 Å². The van der Waals surface area contributed by atoms with E-state index in [-0.39, 0.29) is 0 Å². The number of halogens is 1. The van der Waals surface area contributed by atoms with Crippen LogP contribution in [0.3, 0.4) is 0 Å². The van der Waals surface area contributed by atoms with E-state index in [0.29, 0.717) is 8.83 Å². The third-order valence-electron chi connectivity index (χ3n) is 3.36. The number of benzene rings is 1. The molecule has 1 aliphatic rings. The number of rotatable bonds is 3. The molecular formula is C13H17ClSi. The minimum atomic E-state index is 0.518. The molecule has 80 valence electrons. The first-order chi connectivity index (χ1) is 7.42. The van der Waals surface area contributed by atoms with Crippen molar-refractivity contribution in [3.8, 4) is 0 Å². The first-order valence-corrected chi connectivity index (χ1v) is 8.05. The molecule has 1 aromatic rings. The average Bonchev–Trinajstić information content (AvgIpc) is 2.31. The normalized spacial score (nSPS) is 17.9. The van der Waals surface area contributed by atoms with Gasteiger partial charge in [0.05, 0.1) is 0 Å². The van der Waals surface area contributed by atoms with Crippen molar-refractivity contribution in [3.05, 3.63) is 35.4 Å². The highest BCUT2D eigenvalue weighted by Gasteiger charge is 2.17. The second kappa shape index (κ2) is 5.71. The van der Waals surface area contributed by atoms with E-state index in [2.05, 4.69) is 24.3 Å². The summed E-state index contributed by atoms with van der Waals surface area (Å²) in [6.45, 7) is 0. The summed E-state index contributed by atoms with van der Waals surface area (Å²) in [6, 6.07) is 9.92. The molecule has 0 aromatic heterocycles. The molecule has 0 N–H and O–H groups in total. The summed E-state index contributed by atoms with van der Waals surface area (Å²) in [5.74, 6) is 0.808. The van der Waals surface area contributed by atoms with Crippen LogP contribution in [0.5, 0.6) is 0 Å². The summed E-state index contributed by atoms with van der Waals surface area (Å²) in [7, 11) is 0.518. The van der Waals surface area contributed by atoms with Gasteiger partial charge >= 0.3 is 0 Å². The third-order valence-corrected chi connectivity index (χ3v) is 4.27. The van der Waals surface area contributed by atoms with E-state index in [1.165, 1.54) is 37.7 Å². The summed E-state index contributed by atoms with van der Waals surface area (Å²) in [4.78, 5) is 0. The Morgan fingerprint density at radius 2 is 1.87 bits per heavy atom. The van der Waals surface area contributed by atoms with Crippen molar-refractivity contribution < 1.29 is 0 Å². The minimum absolute atomic E-state index is 0.518. The highest BCUT2D eigenvalue weighted by atomic mass is 35.6. The van der Waals surface area contributed by atoms with Crippen LogP contribution in [0, 0.1) is 0 Å². The van der Waals surface area contributed by atoms with Crippen LogP contribution in [0.15, 0.2) is 24.3 Å². The van der Waals surface area contributed by atoms with Gasteiger partial charge in [-0.2, -0.15) is 11.1 Å². The molecular weight excluding hydrogens is 220 g/mol. The maximum atomic E-state index is 5.87. The summed E-state index contributed by atoms with van der Waals surface area (Å²) >= 11 is 5.87. The number of hydrogen-bond acceptors (Lipinski definition) is 0. The molecule has 0 atom stereocenters. The lowest BCUT2D eigenvalue weighted by Gasteiger charge is -2.24. The van der Waals surface area contributed by atoms with E-state index in [4.69, 9.17) is 11.1 Å². The Hall–Kier alpha value is -0.273. The van der Waals surface area contributed by atoms with Crippen LogP contribution in [0.1, 0.15) is 49.1 Å². The molecule has 1 aromatic carbocycles. The molecule has 0 saturated heterocycles. The summed E-state index contributed by atoms with van der Waals surface area (Å²) < 4.78 is 0. The second-order valence-electron chi connectivity index (χ2n) is 4.34. The fraction of sp³-hybridized carbons (Fsp3) is 0.538. The predicted octanol–water partition coefficient (Wildman–Crippen LogP) is 4.09. The van der Waals surface area contributed by atoms with Gasteiger partial charge in [0.15, 0.2) is 8.83 Å². The van der Waals surface area contributed by atoms with Crippen LogP contribution < -0.4 is 0 Å². The molecule has 0 amide bonds. The lowest BCUT2D eigenvalue weighted by molar-refractivity contribution is 0.442. The Kier molecular flexibility index (Phi) is 4.27. The first-order valence-electron chi connectivity index (χ1n) is 5.83. The average molecular weight is 237 g/mol. The van der Waals surface area contributed by atoms with Crippen LogP contribution >= 0.6 is 11.1 Å². The van der Waals surface area contributed by atoms with E-state index in [9.17, 15) is 0 Å². The molecule has 0 unspecified atom stereocenters. The van der Waals surface area contributed by atoms with E-state index in [0.717, 1.165) is 12.0 Å². The van der Waals surface area contributed by atoms with Gasteiger partial charge in [-0.15, -0.1) is 0 Å². The standard InChI is InChI=1S/C13H17ClSi/c14-15-10-12-8-4-5-9-13(12)11-6-2-1-3-7-11/h4-5,8-9,11H,1-3,6-7,10H2. The van der Waals surface area contributed by atoms with Gasteiger partial charge < -0.3 is 0 Å². The summed E-state index contributed by atoms with van der Waals surface area (Å²) in [6.07, 6.45) is 6.99. The molecule has 1 saturated carbocycles. The lowest BCUT2D eigenvalue weighted by Crippen LogP contribution is -2.08. The van der Waals surface area contributed by atoms with Gasteiger partial charge in [-0.25, -0.2) is 0 Å². The Morgan fingerprint density at radius 3 is 2.60 bits per heavy atom. The van der Waals surface area contributed by atoms with Crippen LogP contribution in [-0.4, -0.2) is 8.83 Å². The Labute approximate surface area is 99.6 Å². The Balaban J connectivity index is 2.17. The van der Waals surface area contributed by atoms with Crippen LogP contribution in [0.25, 0.3) is 0 Å². The van der Waals surface area contributed by atoms with E-state index in [1.807, 2.05) is 0 Å². The second-order valence-corrected chi connectivity index (χ2v) is 5.77. The van der Waals surface area contributed by atoms with Gasteiger partial charge in [0, 0.05) is 0 Å². The zero-order valence-electron chi connectivity index (χ0n) is 9.01. The highest BCUT2D eigenvalue weighted by molar-refractivity contribution is 6.93. The molecule has 2 radical (unpaired) electrons. The van der Waals surface area contributed by atoms with Crippen molar-refractivity contribution in [2.24, 2.45) is 0 Å². The first kappa shape index (κ1) is 11.2. The summed E-state index contributed by atoms with van der Waals surface area (Å²) in [5, 5.41) is 0. The van der Waals surface area contributed by atoms with Gasteiger partial charge in [-0.05, 0) is 35.9 Å². The van der Waals surface area contributed by atoms with Gasteiger partial charge in [0.25, 0.3) is 0 Å². The smallest absolute Gasteiger partial charge is 0.171 e. The largest absolute Gasteiger partial charge is 0.176 e. The quantitative estimate of drug-likeness (QED) is 0.548. The fourth-order valence-corrected chi connectivity index (χ4v) is 3.48. The van der Waals surface area contributed by atoms with Gasteiger partial charge in [-0.1, -0.05) is 43.5 Å². The molecule has 0 bridgehead atoms. The third kappa shape index (κ3) is 2.85. The van der Waals surface area contributed by atoms with Crippen molar-refractivity contribution in [3.63, 3.8) is 0 Å². The van der Waals surface area contributed by atoms with Gasteiger partial charge in [0.1, 0.15) is 0 Å². The predicted molar refractivity (Wildman–Crippen MR) is 67.6 cm³/mol. The molecule has 0 spiro atoms. The molecule has 2 heteroatoms. The zero-order chi connectivity index (χ0) is 10.5. The molecule has 1 fully saturated rings. The van der Waals surface area contributed by atoms with Gasteiger partial charge in [0.2, 0.25) is 0 Å². The van der Waals surface area contributed by atoms with Crippen molar-refractivity contribution in [2.75, 3.05) is 0 Å². The van der Waals surface area contributed by atoms with Crippen molar-refractivity contribution in [2.45, 2.75) is 44.1 Å². The molecule has 0 nitrogen and oxygen atoms in total. The van der Waals surface area contributed by atoms with Crippen LogP contribution in [0.4, 0.5) is 0 Å². The monoisotopic (exact) mass is 236 g/mol. The maximum Gasteiger partial charge on any atom is 0.176 e. The van der Waals surface area contributed by atoms with E-state index >= 15 is 0 Å². The van der Waals surface area contributed by atoms with E-state index < -0.39 is 0 Å². The SMILES string of the molecule is Cl[Si]Cc1ccccc1C1CCCCC1. The van der Waals surface area contributed by atoms with E-state index in [1.54, 1.807) is 5.56 Å². The maximum absolute atomic E-state index is 5.87. The Morgan fingerprint density at radius 1 is 1.13 bits per heavy atom. The van der Waals surface area contributed by atoms with Crippen molar-refractivity contribution >= 4 is 19.9 Å². The molecule has 2 rings (SSSR count). The topological polar surface area (TPSA) is 0 Å². The Bertz CT molecular complexity index is 305. The molecule has 15 heavy (non-hydrogen) atoms. The molecule has 1 aliphatic carbocycles. The zero-order valence-corrected chi connectivity index (χ0v) is 10.8. The lowest BCUT2D eigenvalue weighted by atomic mass is 9.82. The number of hydrogen-bond donors (Lipinski definition) is 0. The van der Waals surface area contributed by atoms with Gasteiger partial charge in [-0.3, -0.25) is 0 Å². The van der Waals surface area contributed by atoms with Crippen molar-refractivity contribution in [1.29, 1.82) is 0 Å². The summed E-state index contributed by atoms with van der Waals surface area (Å²) in [5.41, 5.74) is 3.06.